The predicted octanol–water partition coefficient (Wildman–Crippen LogP) is 5.82. The maximum Gasteiger partial charge on any atom is 0.264 e. The number of fused-ring (bicyclic) bond motifs is 1. The fourth-order valence-electron chi connectivity index (χ4n) is 4.79. The van der Waals surface area contributed by atoms with Crippen molar-refractivity contribution in [3.63, 3.8) is 0 Å². The van der Waals surface area contributed by atoms with E-state index in [1.54, 1.807) is 16.4 Å². The van der Waals surface area contributed by atoms with Crippen molar-refractivity contribution in [2.24, 2.45) is 0 Å². The van der Waals surface area contributed by atoms with Crippen molar-refractivity contribution < 1.29 is 8.42 Å². The lowest BCUT2D eigenvalue weighted by atomic mass is 10.0. The smallest absolute Gasteiger partial charge is 0.264 e. The number of aryl methyl sites for hydroxylation is 1. The van der Waals surface area contributed by atoms with E-state index in [1.807, 2.05) is 61.5 Å². The Kier molecular flexibility index (Phi) is 6.71. The highest BCUT2D eigenvalue weighted by molar-refractivity contribution is 7.92. The zero-order chi connectivity index (χ0) is 24.3. The van der Waals surface area contributed by atoms with Gasteiger partial charge in [0.15, 0.2) is 0 Å². The summed E-state index contributed by atoms with van der Waals surface area (Å²) in [7, 11) is -3.73. The highest BCUT2D eigenvalue weighted by Crippen LogP contribution is 2.33. The van der Waals surface area contributed by atoms with Crippen LogP contribution in [0.4, 0.5) is 5.69 Å². The van der Waals surface area contributed by atoms with Crippen molar-refractivity contribution in [3.8, 4) is 0 Å². The molecule has 4 nitrogen and oxygen atoms in total. The van der Waals surface area contributed by atoms with E-state index in [2.05, 4.69) is 47.4 Å². The number of para-hydroxylation sites is 1. The first-order valence-electron chi connectivity index (χ1n) is 12.0. The van der Waals surface area contributed by atoms with Crippen LogP contribution in [-0.2, 0) is 29.5 Å². The largest absolute Gasteiger partial charge is 0.290 e. The van der Waals surface area contributed by atoms with Crippen LogP contribution in [0.15, 0.2) is 114 Å². The molecule has 0 aromatic heterocycles. The lowest BCUT2D eigenvalue weighted by molar-refractivity contribution is 0.186. The molecular weight excluding hydrogens is 452 g/mol. The van der Waals surface area contributed by atoms with Crippen molar-refractivity contribution in [2.75, 3.05) is 10.8 Å². The third-order valence-corrected chi connectivity index (χ3v) is 8.47. The van der Waals surface area contributed by atoms with E-state index in [0.717, 1.165) is 29.8 Å². The molecule has 1 heterocycles. The SMILES string of the molecule is Cc1ccc(S(=O)(=O)N2C[C@H](Cc3ccccc3)N(Cc3ccccc3)Cc3ccccc32)cc1. The Morgan fingerprint density at radius 3 is 2.03 bits per heavy atom. The topological polar surface area (TPSA) is 40.6 Å². The second kappa shape index (κ2) is 10.1. The Morgan fingerprint density at radius 1 is 0.743 bits per heavy atom. The molecule has 35 heavy (non-hydrogen) atoms. The van der Waals surface area contributed by atoms with Crippen LogP contribution in [0.25, 0.3) is 0 Å². The average molecular weight is 483 g/mol. The van der Waals surface area contributed by atoms with Crippen molar-refractivity contribution >= 4 is 15.7 Å². The molecule has 1 aliphatic rings. The summed E-state index contributed by atoms with van der Waals surface area (Å²) in [6.45, 7) is 3.79. The van der Waals surface area contributed by atoms with Crippen molar-refractivity contribution in [3.05, 3.63) is 131 Å². The zero-order valence-electron chi connectivity index (χ0n) is 19.9. The number of anilines is 1. The molecule has 0 spiro atoms. The maximum atomic E-state index is 14.0. The van der Waals surface area contributed by atoms with E-state index in [0.29, 0.717) is 18.0 Å². The molecule has 4 aromatic rings. The van der Waals surface area contributed by atoms with Crippen LogP contribution in [0, 0.1) is 6.92 Å². The quantitative estimate of drug-likeness (QED) is 0.348. The molecule has 0 radical (unpaired) electrons. The van der Waals surface area contributed by atoms with Gasteiger partial charge >= 0.3 is 0 Å². The molecule has 0 N–H and O–H groups in total. The van der Waals surface area contributed by atoms with E-state index >= 15 is 0 Å². The summed E-state index contributed by atoms with van der Waals surface area (Å²) in [6.07, 6.45) is 0.765. The van der Waals surface area contributed by atoms with Gasteiger partial charge in [-0.25, -0.2) is 8.42 Å². The summed E-state index contributed by atoms with van der Waals surface area (Å²) in [4.78, 5) is 2.75. The monoisotopic (exact) mass is 482 g/mol. The number of benzene rings is 4. The van der Waals surface area contributed by atoms with Gasteiger partial charge in [-0.05, 0) is 48.2 Å². The molecule has 1 atom stereocenters. The second-order valence-electron chi connectivity index (χ2n) is 9.21. The molecule has 0 bridgehead atoms. The number of nitrogens with zero attached hydrogens (tertiary/aromatic N) is 2. The maximum absolute atomic E-state index is 14.0. The minimum atomic E-state index is -3.73. The van der Waals surface area contributed by atoms with Crippen LogP contribution >= 0.6 is 0 Å². The first kappa shape index (κ1) is 23.3. The zero-order valence-corrected chi connectivity index (χ0v) is 20.7. The molecule has 4 aromatic carbocycles. The van der Waals surface area contributed by atoms with Crippen molar-refractivity contribution in [1.29, 1.82) is 0 Å². The molecule has 0 unspecified atom stereocenters. The highest BCUT2D eigenvalue weighted by Gasteiger charge is 2.34. The van der Waals surface area contributed by atoms with Gasteiger partial charge in [0.1, 0.15) is 0 Å². The van der Waals surface area contributed by atoms with E-state index in [4.69, 9.17) is 0 Å². The van der Waals surface area contributed by atoms with Crippen LogP contribution < -0.4 is 4.31 Å². The van der Waals surface area contributed by atoms with Gasteiger partial charge in [-0.15, -0.1) is 0 Å². The second-order valence-corrected chi connectivity index (χ2v) is 11.1. The van der Waals surface area contributed by atoms with Gasteiger partial charge in [-0.2, -0.15) is 0 Å². The van der Waals surface area contributed by atoms with E-state index in [9.17, 15) is 8.42 Å². The molecule has 0 amide bonds. The van der Waals surface area contributed by atoms with Crippen molar-refractivity contribution in [2.45, 2.75) is 37.4 Å². The molecular formula is C30H30N2O2S. The standard InChI is InChI=1S/C30H30N2O2S/c1-24-16-18-29(19-17-24)35(33,34)32-23-28(20-25-10-4-2-5-11-25)31(21-26-12-6-3-7-13-26)22-27-14-8-9-15-30(27)32/h2-19,28H,20-23H2,1H3/t28-/m0/s1. The Bertz CT molecular complexity index is 1370. The van der Waals surface area contributed by atoms with Crippen LogP contribution in [0.1, 0.15) is 22.3 Å². The first-order chi connectivity index (χ1) is 17.0. The Hall–Kier alpha value is -3.41. The molecule has 0 saturated heterocycles. The van der Waals surface area contributed by atoms with Gasteiger partial charge in [-0.1, -0.05) is 96.6 Å². The van der Waals surface area contributed by atoms with Crippen LogP contribution in [0.5, 0.6) is 0 Å². The minimum Gasteiger partial charge on any atom is -0.290 e. The van der Waals surface area contributed by atoms with Crippen LogP contribution in [-0.4, -0.2) is 25.9 Å². The van der Waals surface area contributed by atoms with Gasteiger partial charge in [0, 0.05) is 19.1 Å². The summed E-state index contributed by atoms with van der Waals surface area (Å²) in [5.74, 6) is 0. The van der Waals surface area contributed by atoms with E-state index < -0.39 is 10.0 Å². The summed E-state index contributed by atoms with van der Waals surface area (Å²) < 4.78 is 29.6. The third-order valence-electron chi connectivity index (χ3n) is 6.68. The van der Waals surface area contributed by atoms with Crippen molar-refractivity contribution in [1.82, 2.24) is 4.90 Å². The number of sulfonamides is 1. The Labute approximate surface area is 208 Å². The van der Waals surface area contributed by atoms with Gasteiger partial charge in [0.05, 0.1) is 17.1 Å². The lowest BCUT2D eigenvalue weighted by Crippen LogP contribution is -2.44. The van der Waals surface area contributed by atoms with Gasteiger partial charge in [0.2, 0.25) is 0 Å². The van der Waals surface area contributed by atoms with Crippen LogP contribution in [0.3, 0.4) is 0 Å². The van der Waals surface area contributed by atoms with E-state index in [1.165, 1.54) is 11.1 Å². The highest BCUT2D eigenvalue weighted by atomic mass is 32.2. The Morgan fingerprint density at radius 2 is 1.34 bits per heavy atom. The molecule has 5 heteroatoms. The fraction of sp³-hybridized carbons (Fsp3) is 0.200. The Balaban J connectivity index is 1.58. The summed E-state index contributed by atoms with van der Waals surface area (Å²) in [5, 5.41) is 0. The minimum absolute atomic E-state index is 0.00484. The average Bonchev–Trinajstić information content (AvgIpc) is 3.03. The molecule has 0 aliphatic carbocycles. The number of hydrogen-bond donors (Lipinski definition) is 0. The summed E-state index contributed by atoms with van der Waals surface area (Å²) in [6, 6.07) is 35.8. The molecule has 178 valence electrons. The first-order valence-corrected chi connectivity index (χ1v) is 13.4. The van der Waals surface area contributed by atoms with Crippen LogP contribution in [0.2, 0.25) is 0 Å². The molecule has 0 saturated carbocycles. The normalized spacial score (nSPS) is 16.5. The van der Waals surface area contributed by atoms with E-state index in [-0.39, 0.29) is 6.04 Å². The fourth-order valence-corrected chi connectivity index (χ4v) is 6.33. The molecule has 1 aliphatic heterocycles. The van der Waals surface area contributed by atoms with Gasteiger partial charge in [0.25, 0.3) is 10.0 Å². The number of hydrogen-bond acceptors (Lipinski definition) is 3. The third kappa shape index (κ3) is 5.16. The summed E-state index contributed by atoms with van der Waals surface area (Å²) in [5.41, 5.74) is 5.25. The lowest BCUT2D eigenvalue weighted by Gasteiger charge is -2.32. The predicted molar refractivity (Wildman–Crippen MR) is 142 cm³/mol. The van der Waals surface area contributed by atoms with Gasteiger partial charge < -0.3 is 0 Å². The van der Waals surface area contributed by atoms with Gasteiger partial charge in [-0.3, -0.25) is 9.21 Å². The molecule has 0 fully saturated rings. The molecule has 5 rings (SSSR count). The summed E-state index contributed by atoms with van der Waals surface area (Å²) >= 11 is 0. The number of rotatable bonds is 6.